The second kappa shape index (κ2) is 25.7. The molecule has 0 atom stereocenters. The third-order valence-electron chi connectivity index (χ3n) is 12.8. The van der Waals surface area contributed by atoms with E-state index in [4.69, 9.17) is 33.2 Å². The Bertz CT molecular complexity index is 4610. The van der Waals surface area contributed by atoms with Gasteiger partial charge in [0.05, 0.1) is 44.6 Å². The summed E-state index contributed by atoms with van der Waals surface area (Å²) >= 11 is 0. The SMILES string of the molecule is O=C(O)c1cc(O)c(O)c(OC(=O)c2cc(O)c(O)c(OC(=O)c3cc(O)c(O)c(OC(=O)c4cc(O)c(O)c(OC(=O)c5cc(O)c(O)c(OC(=O)c6cc(O)c(O)c(OC(=O)c7cc(O)c(O)c(OC(=O)c8cc(CCc9ccccc9)n[nH]8)c7)c6)c5)c4)c3)c2)c1. The number of aryl methyl sites for hydroxylation is 2. The summed E-state index contributed by atoms with van der Waals surface area (Å²) in [7, 11) is 0. The van der Waals surface area contributed by atoms with Crippen molar-refractivity contribution in [3.05, 3.63) is 177 Å². The van der Waals surface area contributed by atoms with Gasteiger partial charge in [-0.05, 0) is 109 Å². The van der Waals surface area contributed by atoms with Crippen LogP contribution >= 0.6 is 0 Å². The molecule has 16 N–H and O–H groups in total. The number of aromatic hydroxyl groups is 14. The molecule has 9 aromatic rings. The number of benzene rings is 8. The van der Waals surface area contributed by atoms with E-state index in [0.29, 0.717) is 97.4 Å². The molecule has 0 saturated heterocycles. The van der Waals surface area contributed by atoms with E-state index in [1.165, 1.54) is 6.07 Å². The Kier molecular flexibility index (Phi) is 17.5. The van der Waals surface area contributed by atoms with Crippen LogP contribution in [0.1, 0.15) is 94.3 Å². The predicted octanol–water partition coefficient (Wildman–Crippen LogP) is 6.31. The molecule has 0 fully saturated rings. The van der Waals surface area contributed by atoms with Crippen LogP contribution in [0.15, 0.2) is 121 Å². The van der Waals surface area contributed by atoms with E-state index in [0.717, 1.165) is 11.6 Å². The van der Waals surface area contributed by atoms with E-state index in [1.54, 1.807) is 0 Å². The van der Waals surface area contributed by atoms with Gasteiger partial charge in [0.15, 0.2) is 80.5 Å². The summed E-state index contributed by atoms with van der Waals surface area (Å²) in [6.45, 7) is 0. The number of carbonyl (C=O) groups excluding carboxylic acids is 7. The molecule has 0 aliphatic heterocycles. The fourth-order valence-electron chi connectivity index (χ4n) is 8.15. The number of ether oxygens (including phenoxy) is 7. The van der Waals surface area contributed by atoms with Crippen molar-refractivity contribution in [2.45, 2.75) is 12.8 Å². The molecular formula is C61H40N2O30. The molecule has 8 aromatic carbocycles. The number of phenols is 14. The van der Waals surface area contributed by atoms with Gasteiger partial charge in [-0.2, -0.15) is 5.10 Å². The number of carboxylic acid groups (broad SMARTS) is 1. The maximum Gasteiger partial charge on any atom is 0.361 e. The maximum absolute atomic E-state index is 13.5. The molecule has 0 bridgehead atoms. The monoisotopic (exact) mass is 1280 g/mol. The minimum Gasteiger partial charge on any atom is -0.504 e. The van der Waals surface area contributed by atoms with Gasteiger partial charge in [0.25, 0.3) is 0 Å². The summed E-state index contributed by atoms with van der Waals surface area (Å²) in [5.41, 5.74) is -3.93. The molecule has 0 radical (unpaired) electrons. The van der Waals surface area contributed by atoms with Crippen LogP contribution in [0, 0.1) is 0 Å². The first kappa shape index (κ1) is 63.4. The number of aromatic nitrogens is 2. The van der Waals surface area contributed by atoms with Crippen molar-refractivity contribution in [2.75, 3.05) is 0 Å². The normalized spacial score (nSPS) is 10.8. The van der Waals surface area contributed by atoms with Gasteiger partial charge < -0.3 is 110 Å². The molecule has 0 aliphatic carbocycles. The number of H-pyrrole nitrogens is 1. The average molecular weight is 1280 g/mol. The third kappa shape index (κ3) is 13.9. The summed E-state index contributed by atoms with van der Waals surface area (Å²) in [6, 6.07) is 19.1. The zero-order valence-electron chi connectivity index (χ0n) is 46.2. The quantitative estimate of drug-likeness (QED) is 0.0254. The maximum atomic E-state index is 13.5. The molecule has 93 heavy (non-hydrogen) atoms. The first-order chi connectivity index (χ1) is 44.0. The number of phenolic OH excluding ortho intramolecular Hbond substituents is 14. The molecule has 32 heteroatoms. The summed E-state index contributed by atoms with van der Waals surface area (Å²) in [6.07, 6.45) is 0.997. The van der Waals surface area contributed by atoms with Crippen LogP contribution in [0.25, 0.3) is 0 Å². The molecule has 474 valence electrons. The van der Waals surface area contributed by atoms with Crippen molar-refractivity contribution >= 4 is 47.8 Å². The number of aromatic carboxylic acids is 1. The first-order valence-electron chi connectivity index (χ1n) is 25.8. The van der Waals surface area contributed by atoms with Crippen molar-refractivity contribution in [3.8, 4) is 121 Å². The lowest BCUT2D eigenvalue weighted by Gasteiger charge is -2.14. The van der Waals surface area contributed by atoms with Crippen molar-refractivity contribution in [1.82, 2.24) is 10.2 Å². The number of nitrogens with zero attached hydrogens (tertiary/aromatic N) is 1. The molecule has 32 nitrogen and oxygen atoms in total. The molecule has 1 aromatic heterocycles. The topological polar surface area (TPSA) is 533 Å². The smallest absolute Gasteiger partial charge is 0.361 e. The van der Waals surface area contributed by atoms with E-state index in [1.807, 2.05) is 30.3 Å². The number of aromatic amines is 1. The van der Waals surface area contributed by atoms with Gasteiger partial charge in [0.2, 0.25) is 40.2 Å². The lowest BCUT2D eigenvalue weighted by atomic mass is 10.1. The summed E-state index contributed by atoms with van der Waals surface area (Å²) in [5.74, 6) is -34.7. The largest absolute Gasteiger partial charge is 0.504 e. The van der Waals surface area contributed by atoms with Crippen molar-refractivity contribution in [3.63, 3.8) is 0 Å². The summed E-state index contributed by atoms with van der Waals surface area (Å²) in [4.78, 5) is 105. The van der Waals surface area contributed by atoms with E-state index in [9.17, 15) is 115 Å². The Morgan fingerprint density at radius 1 is 0.301 bits per heavy atom. The van der Waals surface area contributed by atoms with Crippen LogP contribution in [-0.4, -0.2) is 135 Å². The molecular weight excluding hydrogens is 1240 g/mol. The highest BCUT2D eigenvalue weighted by atomic mass is 16.6. The third-order valence-corrected chi connectivity index (χ3v) is 12.8. The fraction of sp³-hybridized carbons (Fsp3) is 0.0328. The summed E-state index contributed by atoms with van der Waals surface area (Å²) in [5, 5.41) is 162. The Balaban J connectivity index is 0.864. The first-order valence-corrected chi connectivity index (χ1v) is 25.8. The molecule has 0 amide bonds. The van der Waals surface area contributed by atoms with Crippen LogP contribution in [-0.2, 0) is 12.8 Å². The predicted molar refractivity (Wildman–Crippen MR) is 303 cm³/mol. The van der Waals surface area contributed by atoms with Crippen molar-refractivity contribution in [1.29, 1.82) is 0 Å². The van der Waals surface area contributed by atoms with Gasteiger partial charge in [-0.1, -0.05) is 30.3 Å². The minimum atomic E-state index is -1.61. The zero-order chi connectivity index (χ0) is 67.4. The van der Waals surface area contributed by atoms with Crippen LogP contribution in [0.4, 0.5) is 0 Å². The van der Waals surface area contributed by atoms with E-state index >= 15 is 0 Å². The van der Waals surface area contributed by atoms with Crippen LogP contribution < -0.4 is 33.2 Å². The zero-order valence-corrected chi connectivity index (χ0v) is 46.2. The molecule has 0 saturated carbocycles. The van der Waals surface area contributed by atoms with Crippen molar-refractivity contribution < 1.29 is 148 Å². The standard InChI is InChI=1S/C61H40N2O30/c64-33-8-24(54(78)79)15-40(47(33)71)87-55(80)25-9-34(65)48(72)41(16-25)88-56(81)26-10-35(66)49(73)42(17-26)89-57(82)27-11-36(67)50(74)43(18-27)90-58(83)28-12-37(68)51(75)44(19-28)91-59(84)29-13-38(69)52(76)45(20-29)92-60(85)30-14-39(70)53(77)46(21-30)93-61(86)32-22-31(62-63-32)7-6-23-4-2-1-3-5-23/h1-5,8-22,64-77H,6-7H2,(H,62,63)(H,78,79). The van der Waals surface area contributed by atoms with Gasteiger partial charge in [0, 0.05) is 0 Å². The Labute approximate surface area is 515 Å². The van der Waals surface area contributed by atoms with Gasteiger partial charge in [-0.15, -0.1) is 0 Å². The number of hydrogen-bond donors (Lipinski definition) is 16. The van der Waals surface area contributed by atoms with Gasteiger partial charge in [-0.25, -0.2) is 38.4 Å². The second-order valence-electron chi connectivity index (χ2n) is 19.2. The van der Waals surface area contributed by atoms with Gasteiger partial charge in [-0.3, -0.25) is 5.10 Å². The highest BCUT2D eigenvalue weighted by molar-refractivity contribution is 6.00. The molecule has 1 heterocycles. The highest BCUT2D eigenvalue weighted by Gasteiger charge is 2.29. The number of carboxylic acids is 1. The Morgan fingerprint density at radius 2 is 0.538 bits per heavy atom. The molecule has 0 aliphatic rings. The Hall–Kier alpha value is -14.1. The van der Waals surface area contributed by atoms with E-state index in [-0.39, 0.29) is 5.69 Å². The van der Waals surface area contributed by atoms with Crippen molar-refractivity contribution in [2.24, 2.45) is 0 Å². The van der Waals surface area contributed by atoms with Crippen LogP contribution in [0.2, 0.25) is 0 Å². The number of hydrogen-bond acceptors (Lipinski definition) is 30. The van der Waals surface area contributed by atoms with E-state index < -0.39 is 207 Å². The minimum absolute atomic E-state index is 0.178. The molecule has 0 unspecified atom stereocenters. The Morgan fingerprint density at radius 3 is 0.796 bits per heavy atom. The fourth-order valence-corrected chi connectivity index (χ4v) is 8.15. The van der Waals surface area contributed by atoms with Crippen LogP contribution in [0.3, 0.4) is 0 Å². The van der Waals surface area contributed by atoms with Gasteiger partial charge >= 0.3 is 47.8 Å². The second-order valence-corrected chi connectivity index (χ2v) is 19.2. The number of nitrogens with one attached hydrogen (secondary N) is 1. The van der Waals surface area contributed by atoms with Gasteiger partial charge in [0.1, 0.15) is 5.69 Å². The lowest BCUT2D eigenvalue weighted by molar-refractivity contribution is 0.0684. The molecule has 9 rings (SSSR count). The summed E-state index contributed by atoms with van der Waals surface area (Å²) < 4.78 is 35.7. The number of carbonyl (C=O) groups is 8. The van der Waals surface area contributed by atoms with E-state index in [2.05, 4.69) is 10.2 Å². The number of esters is 7. The highest BCUT2D eigenvalue weighted by Crippen LogP contribution is 2.45. The van der Waals surface area contributed by atoms with Crippen LogP contribution in [0.5, 0.6) is 121 Å². The average Bonchev–Trinajstić information content (AvgIpc) is 1.14. The molecule has 0 spiro atoms. The number of rotatable bonds is 18. The lowest BCUT2D eigenvalue weighted by Crippen LogP contribution is -2.14.